The van der Waals surface area contributed by atoms with Crippen molar-refractivity contribution in [2.24, 2.45) is 16.8 Å². The molecule has 0 aliphatic carbocycles. The number of thioether (sulfide) groups is 1. The molecular weight excluding hydrogens is 581 g/mol. The number of carbonyl (C=O) groups excluding carboxylic acids is 3. The van der Waals surface area contributed by atoms with E-state index in [1.165, 1.54) is 17.1 Å². The highest BCUT2D eigenvalue weighted by Crippen LogP contribution is 2.40. The number of thiazole rings is 1. The number of aromatic nitrogens is 1. The van der Waals surface area contributed by atoms with Crippen molar-refractivity contribution in [2.45, 2.75) is 24.3 Å². The number of alkyl halides is 1. The molecule has 2 fully saturated rings. The molecule has 1 aromatic rings. The van der Waals surface area contributed by atoms with Crippen LogP contribution >= 0.6 is 23.1 Å². The van der Waals surface area contributed by atoms with Crippen LogP contribution < -0.4 is 16.8 Å². The molecule has 0 aromatic carbocycles. The maximum absolute atomic E-state index is 13.1. The topological polar surface area (TPSA) is 211 Å². The summed E-state index contributed by atoms with van der Waals surface area (Å²) in [5.41, 5.74) is 11.0. The van der Waals surface area contributed by atoms with E-state index in [1.807, 2.05) is 6.08 Å². The number of likely N-dealkylation sites (tertiary alicyclic amines) is 1. The molecule has 0 unspecified atom stereocenters. The summed E-state index contributed by atoms with van der Waals surface area (Å²) in [6.07, 6.45) is 4.73. The van der Waals surface area contributed by atoms with Gasteiger partial charge in [0.05, 0.1) is 26.2 Å². The predicted molar refractivity (Wildman–Crippen MR) is 148 cm³/mol. The van der Waals surface area contributed by atoms with Gasteiger partial charge in [-0.3, -0.25) is 19.3 Å². The van der Waals surface area contributed by atoms with Gasteiger partial charge in [0, 0.05) is 29.9 Å². The fraction of sp³-hybridized carbons (Fsp3) is 0.500. The van der Waals surface area contributed by atoms with Crippen LogP contribution in [0.15, 0.2) is 34.0 Å². The zero-order valence-electron chi connectivity index (χ0n) is 21.9. The number of carboxylic acid groups (broad SMARTS) is 1. The molecule has 4 heterocycles. The number of aliphatic hydroxyl groups excluding tert-OH is 1. The van der Waals surface area contributed by atoms with Crippen LogP contribution in [0.3, 0.4) is 0 Å². The summed E-state index contributed by atoms with van der Waals surface area (Å²) in [6.45, 7) is 0.976. The zero-order valence-corrected chi connectivity index (χ0v) is 23.5. The lowest BCUT2D eigenvalue weighted by Gasteiger charge is -2.49. The third kappa shape index (κ3) is 6.52. The molecule has 14 nitrogen and oxygen atoms in total. The lowest BCUT2D eigenvalue weighted by atomic mass is 9.94. The molecule has 2 atom stereocenters. The van der Waals surface area contributed by atoms with Crippen molar-refractivity contribution < 1.29 is 43.1 Å². The van der Waals surface area contributed by atoms with Crippen LogP contribution in [-0.2, 0) is 24.0 Å². The second-order valence-electron chi connectivity index (χ2n) is 9.79. The zero-order chi connectivity index (χ0) is 29.7. The summed E-state index contributed by atoms with van der Waals surface area (Å²) in [5.74, 6) is -3.03. The average Bonchev–Trinajstić information content (AvgIpc) is 3.37. The Bertz CT molecular complexity index is 1290. The molecule has 7 N–H and O–H groups in total. The summed E-state index contributed by atoms with van der Waals surface area (Å²) in [4.78, 5) is 59.2. The number of fused-ring (bicyclic) bond motifs is 1. The van der Waals surface area contributed by atoms with Gasteiger partial charge >= 0.3 is 5.97 Å². The number of aliphatic carboxylic acids is 1. The molecule has 3 amide bonds. The second-order valence-corrected chi connectivity index (χ2v) is 11.8. The Labute approximate surface area is 242 Å². The number of carboxylic acids is 1. The van der Waals surface area contributed by atoms with Crippen molar-refractivity contribution in [1.82, 2.24) is 15.2 Å². The number of hydrogen-bond donors (Lipinski definition) is 5. The number of piperidine rings is 1. The molecule has 41 heavy (non-hydrogen) atoms. The molecule has 0 spiro atoms. The predicted octanol–water partition coefficient (Wildman–Crippen LogP) is -0.628. The van der Waals surface area contributed by atoms with Crippen LogP contribution in [0.25, 0.3) is 0 Å². The van der Waals surface area contributed by atoms with Crippen molar-refractivity contribution in [3.05, 3.63) is 34.5 Å². The lowest BCUT2D eigenvalue weighted by Crippen LogP contribution is -2.71. The first-order chi connectivity index (χ1) is 19.6. The van der Waals surface area contributed by atoms with Crippen molar-refractivity contribution in [3.8, 4) is 0 Å². The summed E-state index contributed by atoms with van der Waals surface area (Å²) >= 11 is 2.31. The number of primary amides is 1. The molecule has 1 aromatic heterocycles. The smallest absolute Gasteiger partial charge is 0.352 e. The van der Waals surface area contributed by atoms with Crippen LogP contribution in [-0.4, -0.2) is 111 Å². The van der Waals surface area contributed by atoms with Gasteiger partial charge in [-0.2, -0.15) is 0 Å². The lowest BCUT2D eigenvalue weighted by molar-refractivity contribution is -0.928. The minimum Gasteiger partial charge on any atom is -0.477 e. The van der Waals surface area contributed by atoms with Gasteiger partial charge in [-0.1, -0.05) is 11.2 Å². The van der Waals surface area contributed by atoms with E-state index >= 15 is 0 Å². The Kier molecular flexibility index (Phi) is 9.62. The van der Waals surface area contributed by atoms with Crippen LogP contribution in [0.2, 0.25) is 0 Å². The molecule has 0 saturated carbocycles. The van der Waals surface area contributed by atoms with E-state index < -0.39 is 36.1 Å². The number of β-lactam (4-membered cyclic amide) rings is 1. The third-order valence-corrected chi connectivity index (χ3v) is 9.34. The quantitative estimate of drug-likeness (QED) is 0.0873. The Morgan fingerprint density at radius 3 is 2.66 bits per heavy atom. The van der Waals surface area contributed by atoms with Crippen LogP contribution in [0.4, 0.5) is 9.52 Å². The molecule has 0 bridgehead atoms. The number of halogens is 1. The number of nitrogens with one attached hydrogen (secondary N) is 1. The standard InChI is InChI=1S/C24H30FN7O7S2/c25-12-39-30-16(15-11-41-24(27)28-15)20(35)29-17-21(36)31-18(23(37)38)14(10-40-22(17)31)2-1-5-32(8-9-33)6-3-13(4-7-32)19(26)34/h1-2,11,13,17,22,33H,3-10,12H2,(H5-,26,27,28,29,34,35,37,38)/p+1/b2-1+,30-16-/t13?,17-,22-,32?/m1/s1. The van der Waals surface area contributed by atoms with Crippen LogP contribution in [0.1, 0.15) is 18.5 Å². The normalized spacial score (nSPS) is 26.5. The fourth-order valence-electron chi connectivity index (χ4n) is 5.20. The van der Waals surface area contributed by atoms with Crippen molar-refractivity contribution in [1.29, 1.82) is 0 Å². The van der Waals surface area contributed by atoms with E-state index in [0.29, 0.717) is 49.1 Å². The van der Waals surface area contributed by atoms with Crippen molar-refractivity contribution >= 4 is 57.6 Å². The number of anilines is 1. The molecule has 17 heteroatoms. The first-order valence-electron chi connectivity index (χ1n) is 12.7. The number of nitrogens with zero attached hydrogens (tertiary/aromatic N) is 4. The van der Waals surface area contributed by atoms with Crippen LogP contribution in [0.5, 0.6) is 0 Å². The highest BCUT2D eigenvalue weighted by molar-refractivity contribution is 8.00. The molecule has 0 radical (unpaired) electrons. The number of nitrogen functional groups attached to an aromatic ring is 1. The van der Waals surface area contributed by atoms with Gasteiger partial charge in [0.2, 0.25) is 5.91 Å². The van der Waals surface area contributed by atoms with E-state index in [9.17, 15) is 33.8 Å². The number of oxime groups is 1. The van der Waals surface area contributed by atoms with Crippen molar-refractivity contribution in [3.63, 3.8) is 0 Å². The van der Waals surface area contributed by atoms with Gasteiger partial charge in [-0.25, -0.2) is 14.2 Å². The third-order valence-electron chi connectivity index (χ3n) is 7.36. The molecule has 4 rings (SSSR count). The monoisotopic (exact) mass is 612 g/mol. The Morgan fingerprint density at radius 1 is 1.34 bits per heavy atom. The minimum atomic E-state index is -1.29. The number of nitrogens with two attached hydrogens (primary N) is 2. The molecular formula is C24H31FN7O7S2+. The molecule has 3 aliphatic heterocycles. The minimum absolute atomic E-state index is 0.0345. The number of rotatable bonds is 12. The Morgan fingerprint density at radius 2 is 2.07 bits per heavy atom. The number of amides is 3. The highest BCUT2D eigenvalue weighted by atomic mass is 32.2. The SMILES string of the molecule is NC(=O)C1CC[N+](C/C=C/C2=C(C(=O)O)N3C(=O)[C@@H](NC(=O)/C(=N\OCF)c4csc(N)n4)[C@H]3SC2)(CCO)CC1. The fourth-order valence-corrected chi connectivity index (χ4v) is 7.07. The Balaban J connectivity index is 1.46. The van der Waals surface area contributed by atoms with Gasteiger partial charge in [-0.15, -0.1) is 23.1 Å². The second kappa shape index (κ2) is 13.0. The number of carbonyl (C=O) groups is 4. The van der Waals surface area contributed by atoms with Gasteiger partial charge < -0.3 is 36.3 Å². The number of allylic oxidation sites excluding steroid dienone is 1. The number of quaternary nitrogens is 1. The van der Waals surface area contributed by atoms with Crippen LogP contribution in [0, 0.1) is 5.92 Å². The largest absolute Gasteiger partial charge is 0.477 e. The first kappa shape index (κ1) is 30.4. The van der Waals surface area contributed by atoms with Gasteiger partial charge in [0.15, 0.2) is 10.8 Å². The summed E-state index contributed by atoms with van der Waals surface area (Å²) in [5, 5.41) is 26.4. The molecule has 3 aliphatic rings. The summed E-state index contributed by atoms with van der Waals surface area (Å²) < 4.78 is 13.1. The summed E-state index contributed by atoms with van der Waals surface area (Å²) in [6, 6.07) is -1.05. The average molecular weight is 613 g/mol. The van der Waals surface area contributed by atoms with Gasteiger partial charge in [0.25, 0.3) is 18.7 Å². The van der Waals surface area contributed by atoms with Gasteiger partial charge in [-0.05, 0) is 11.6 Å². The highest BCUT2D eigenvalue weighted by Gasteiger charge is 2.54. The van der Waals surface area contributed by atoms with Crippen molar-refractivity contribution in [2.75, 3.05) is 51.1 Å². The van der Waals surface area contributed by atoms with E-state index in [2.05, 4.69) is 20.3 Å². The van der Waals surface area contributed by atoms with E-state index in [1.54, 1.807) is 6.08 Å². The maximum atomic E-state index is 13.1. The van der Waals surface area contributed by atoms with Gasteiger partial charge in [0.1, 0.15) is 29.4 Å². The van der Waals surface area contributed by atoms with E-state index in [4.69, 9.17) is 11.5 Å². The van der Waals surface area contributed by atoms with E-state index in [0.717, 1.165) is 16.2 Å². The maximum Gasteiger partial charge on any atom is 0.352 e. The molecule has 222 valence electrons. The summed E-state index contributed by atoms with van der Waals surface area (Å²) in [7, 11) is 0. The number of aliphatic hydroxyl groups is 1. The van der Waals surface area contributed by atoms with E-state index in [-0.39, 0.29) is 46.4 Å². The molecule has 2 saturated heterocycles. The first-order valence-corrected chi connectivity index (χ1v) is 14.6. The Hall–Kier alpha value is -3.54. The number of hydrogen-bond acceptors (Lipinski definition) is 11.